The molecule has 1 fully saturated rings. The summed E-state index contributed by atoms with van der Waals surface area (Å²) >= 11 is 12.0. The minimum atomic E-state index is -0.499. The molecule has 1 aliphatic heterocycles. The normalized spacial score (nSPS) is 17.6. The Morgan fingerprint density at radius 3 is 2.86 bits per heavy atom. The van der Waals surface area contributed by atoms with Crippen LogP contribution < -0.4 is 5.32 Å². The van der Waals surface area contributed by atoms with Gasteiger partial charge >= 0.3 is 0 Å². The number of carbonyl (C=O) groups excluding carboxylic acids is 2. The zero-order valence-corrected chi connectivity index (χ0v) is 13.5. The molecule has 0 saturated carbocycles. The quantitative estimate of drug-likeness (QED) is 0.803. The molecule has 2 amide bonds. The number of nitrogens with one attached hydrogen (secondary N) is 1. The lowest BCUT2D eigenvalue weighted by molar-refractivity contribution is -0.124. The molecule has 5 nitrogen and oxygen atoms in total. The summed E-state index contributed by atoms with van der Waals surface area (Å²) in [6.07, 6.45) is 1.88. The second-order valence-electron chi connectivity index (χ2n) is 5.15. The smallest absolute Gasteiger partial charge is 0.256 e. The van der Waals surface area contributed by atoms with E-state index in [1.807, 2.05) is 0 Å². The molecule has 1 saturated heterocycles. The number of halogens is 2. The van der Waals surface area contributed by atoms with Gasteiger partial charge in [-0.05, 0) is 37.5 Å². The minimum absolute atomic E-state index is 0.0196. The first-order valence-corrected chi connectivity index (χ1v) is 7.94. The van der Waals surface area contributed by atoms with Crippen molar-refractivity contribution in [2.24, 2.45) is 0 Å². The number of hydrogen-bond donors (Lipinski definition) is 2. The molecular weight excluding hydrogens is 327 g/mol. The maximum Gasteiger partial charge on any atom is 0.256 e. The van der Waals surface area contributed by atoms with E-state index in [2.05, 4.69) is 5.32 Å². The molecule has 120 valence electrons. The van der Waals surface area contributed by atoms with Gasteiger partial charge in [-0.15, -0.1) is 0 Å². The van der Waals surface area contributed by atoms with E-state index < -0.39 is 6.04 Å². The second kappa shape index (κ2) is 7.81. The van der Waals surface area contributed by atoms with Crippen LogP contribution in [0.1, 0.15) is 29.6 Å². The monoisotopic (exact) mass is 344 g/mol. The Labute approximate surface area is 139 Å². The Balaban J connectivity index is 2.11. The largest absolute Gasteiger partial charge is 0.396 e. The van der Waals surface area contributed by atoms with Crippen molar-refractivity contribution in [3.05, 3.63) is 33.8 Å². The lowest BCUT2D eigenvalue weighted by Crippen LogP contribution is -2.46. The number of amides is 2. The molecule has 0 aromatic heterocycles. The number of likely N-dealkylation sites (tertiary alicyclic amines) is 1. The molecule has 2 rings (SSSR count). The molecule has 0 unspecified atom stereocenters. The summed E-state index contributed by atoms with van der Waals surface area (Å²) in [5.41, 5.74) is 0.309. The van der Waals surface area contributed by atoms with Gasteiger partial charge in [0.05, 0.1) is 10.6 Å². The third kappa shape index (κ3) is 3.91. The maximum atomic E-state index is 12.6. The van der Waals surface area contributed by atoms with Crippen LogP contribution in [0, 0.1) is 0 Å². The zero-order chi connectivity index (χ0) is 16.1. The number of aliphatic hydroxyl groups excluding tert-OH is 1. The first-order chi connectivity index (χ1) is 10.5. The standard InChI is InChI=1S/C15H18Cl2N2O3/c16-10-4-5-12(17)11(9-10)15(22)19-7-1-3-13(19)14(21)18-6-2-8-20/h4-5,9,13,20H,1-3,6-8H2,(H,18,21)/t13-/m0/s1. The zero-order valence-electron chi connectivity index (χ0n) is 12.0. The van der Waals surface area contributed by atoms with Crippen molar-refractivity contribution < 1.29 is 14.7 Å². The van der Waals surface area contributed by atoms with Gasteiger partial charge in [0.15, 0.2) is 0 Å². The van der Waals surface area contributed by atoms with E-state index in [1.54, 1.807) is 12.1 Å². The van der Waals surface area contributed by atoms with E-state index in [-0.39, 0.29) is 18.4 Å². The maximum absolute atomic E-state index is 12.6. The number of carbonyl (C=O) groups is 2. The third-order valence-corrected chi connectivity index (χ3v) is 4.17. The SMILES string of the molecule is O=C(NCCCO)[C@@H]1CCCN1C(=O)c1cc(Cl)ccc1Cl. The minimum Gasteiger partial charge on any atom is -0.396 e. The van der Waals surface area contributed by atoms with Gasteiger partial charge in [-0.3, -0.25) is 9.59 Å². The Bertz CT molecular complexity index is 566. The molecule has 0 aliphatic carbocycles. The van der Waals surface area contributed by atoms with Gasteiger partial charge in [0.25, 0.3) is 5.91 Å². The van der Waals surface area contributed by atoms with Gasteiger partial charge in [0, 0.05) is 24.7 Å². The van der Waals surface area contributed by atoms with Crippen molar-refractivity contribution in [3.8, 4) is 0 Å². The molecule has 7 heteroatoms. The van der Waals surface area contributed by atoms with Gasteiger partial charge in [0.1, 0.15) is 6.04 Å². The molecule has 0 radical (unpaired) electrons. The molecule has 0 bridgehead atoms. The van der Waals surface area contributed by atoms with Crippen molar-refractivity contribution in [2.75, 3.05) is 19.7 Å². The Morgan fingerprint density at radius 2 is 2.14 bits per heavy atom. The molecule has 1 heterocycles. The average molecular weight is 345 g/mol. The fraction of sp³-hybridized carbons (Fsp3) is 0.467. The van der Waals surface area contributed by atoms with Crippen molar-refractivity contribution in [1.29, 1.82) is 0 Å². The highest BCUT2D eigenvalue weighted by molar-refractivity contribution is 6.35. The molecule has 1 aromatic carbocycles. The summed E-state index contributed by atoms with van der Waals surface area (Å²) in [6, 6.07) is 4.21. The highest BCUT2D eigenvalue weighted by atomic mass is 35.5. The van der Waals surface area contributed by atoms with Crippen LogP contribution in [0.4, 0.5) is 0 Å². The topological polar surface area (TPSA) is 69.6 Å². The van der Waals surface area contributed by atoms with Crippen LogP contribution in [0.15, 0.2) is 18.2 Å². The molecule has 1 aliphatic rings. The van der Waals surface area contributed by atoms with Crippen LogP contribution in [-0.2, 0) is 4.79 Å². The van der Waals surface area contributed by atoms with Crippen LogP contribution in [0.5, 0.6) is 0 Å². The van der Waals surface area contributed by atoms with E-state index in [4.69, 9.17) is 28.3 Å². The van der Waals surface area contributed by atoms with E-state index >= 15 is 0 Å². The molecule has 1 aromatic rings. The number of hydrogen-bond acceptors (Lipinski definition) is 3. The Kier molecular flexibility index (Phi) is 6.06. The van der Waals surface area contributed by atoms with Gasteiger partial charge in [0.2, 0.25) is 5.91 Å². The van der Waals surface area contributed by atoms with Crippen LogP contribution in [-0.4, -0.2) is 47.6 Å². The molecule has 22 heavy (non-hydrogen) atoms. The molecular formula is C15H18Cl2N2O3. The molecule has 1 atom stereocenters. The summed E-state index contributed by atoms with van der Waals surface area (Å²) < 4.78 is 0. The Hall–Kier alpha value is -1.30. The summed E-state index contributed by atoms with van der Waals surface area (Å²) in [5.74, 6) is -0.482. The second-order valence-corrected chi connectivity index (χ2v) is 5.99. The summed E-state index contributed by atoms with van der Waals surface area (Å²) in [5, 5.41) is 12.2. The number of nitrogens with zero attached hydrogens (tertiary/aromatic N) is 1. The van der Waals surface area contributed by atoms with Crippen LogP contribution in [0.3, 0.4) is 0 Å². The fourth-order valence-electron chi connectivity index (χ4n) is 2.51. The first-order valence-electron chi connectivity index (χ1n) is 7.19. The number of benzene rings is 1. The number of rotatable bonds is 5. The Morgan fingerprint density at radius 1 is 1.36 bits per heavy atom. The lowest BCUT2D eigenvalue weighted by atomic mass is 10.1. The lowest BCUT2D eigenvalue weighted by Gasteiger charge is -2.24. The average Bonchev–Trinajstić information content (AvgIpc) is 2.98. The predicted octanol–water partition coefficient (Wildman–Crippen LogP) is 2.10. The van der Waals surface area contributed by atoms with Crippen molar-refractivity contribution in [2.45, 2.75) is 25.3 Å². The van der Waals surface area contributed by atoms with Crippen LogP contribution >= 0.6 is 23.2 Å². The molecule has 2 N–H and O–H groups in total. The van der Waals surface area contributed by atoms with E-state index in [0.29, 0.717) is 41.5 Å². The number of aliphatic hydroxyl groups is 1. The van der Waals surface area contributed by atoms with Crippen molar-refractivity contribution >= 4 is 35.0 Å². The van der Waals surface area contributed by atoms with Crippen molar-refractivity contribution in [1.82, 2.24) is 10.2 Å². The van der Waals surface area contributed by atoms with Crippen LogP contribution in [0.25, 0.3) is 0 Å². The summed E-state index contributed by atoms with van der Waals surface area (Å²) in [4.78, 5) is 26.3. The van der Waals surface area contributed by atoms with Gasteiger partial charge in [-0.1, -0.05) is 23.2 Å². The van der Waals surface area contributed by atoms with E-state index in [9.17, 15) is 9.59 Å². The highest BCUT2D eigenvalue weighted by Gasteiger charge is 2.35. The molecule has 0 spiro atoms. The summed E-state index contributed by atoms with van der Waals surface area (Å²) in [7, 11) is 0. The predicted molar refractivity (Wildman–Crippen MR) is 85.2 cm³/mol. The van der Waals surface area contributed by atoms with Crippen molar-refractivity contribution in [3.63, 3.8) is 0 Å². The van der Waals surface area contributed by atoms with Gasteiger partial charge in [-0.25, -0.2) is 0 Å². The fourth-order valence-corrected chi connectivity index (χ4v) is 2.88. The third-order valence-electron chi connectivity index (χ3n) is 3.61. The van der Waals surface area contributed by atoms with Gasteiger partial charge in [-0.2, -0.15) is 0 Å². The van der Waals surface area contributed by atoms with Crippen LogP contribution in [0.2, 0.25) is 10.0 Å². The first kappa shape index (κ1) is 17.1. The summed E-state index contributed by atoms with van der Waals surface area (Å²) in [6.45, 7) is 0.928. The van der Waals surface area contributed by atoms with Gasteiger partial charge < -0.3 is 15.3 Å². The van der Waals surface area contributed by atoms with E-state index in [0.717, 1.165) is 6.42 Å². The van der Waals surface area contributed by atoms with E-state index in [1.165, 1.54) is 11.0 Å². The highest BCUT2D eigenvalue weighted by Crippen LogP contribution is 2.26.